The Morgan fingerprint density at radius 1 is 1.75 bits per heavy atom. The maximum Gasteiger partial charge on any atom is 0.210 e. The van der Waals surface area contributed by atoms with Crippen molar-refractivity contribution in [3.05, 3.63) is 0 Å². The van der Waals surface area contributed by atoms with Gasteiger partial charge in [0.2, 0.25) is 5.16 Å². The lowest BCUT2D eigenvalue weighted by molar-refractivity contribution is 0.663. The van der Waals surface area contributed by atoms with Gasteiger partial charge in [0.25, 0.3) is 0 Å². The van der Waals surface area contributed by atoms with E-state index in [1.807, 2.05) is 6.92 Å². The molecule has 1 unspecified atom stereocenters. The summed E-state index contributed by atoms with van der Waals surface area (Å²) in [6.07, 6.45) is 0.800. The third-order valence-corrected chi connectivity index (χ3v) is 2.62. The highest BCUT2D eigenvalue weighted by molar-refractivity contribution is 8.00. The van der Waals surface area contributed by atoms with Gasteiger partial charge in [-0.25, -0.2) is 4.68 Å². The summed E-state index contributed by atoms with van der Waals surface area (Å²) in [7, 11) is 1.76. The average Bonchev–Trinajstić information content (AvgIpc) is 2.47. The van der Waals surface area contributed by atoms with Crippen molar-refractivity contribution in [1.82, 2.24) is 20.2 Å². The van der Waals surface area contributed by atoms with Crippen LogP contribution in [0, 0.1) is 11.3 Å². The highest BCUT2D eigenvalue weighted by atomic mass is 32.2. The van der Waals surface area contributed by atoms with E-state index in [0.29, 0.717) is 5.16 Å². The first kappa shape index (κ1) is 9.00. The van der Waals surface area contributed by atoms with Crippen molar-refractivity contribution in [2.75, 3.05) is 0 Å². The molecular weight excluding hydrogens is 174 g/mol. The Bertz CT molecular complexity index is 288. The fourth-order valence-corrected chi connectivity index (χ4v) is 1.40. The lowest BCUT2D eigenvalue weighted by Gasteiger charge is -2.01. The van der Waals surface area contributed by atoms with Gasteiger partial charge >= 0.3 is 0 Å². The van der Waals surface area contributed by atoms with Crippen molar-refractivity contribution in [2.45, 2.75) is 23.8 Å². The summed E-state index contributed by atoms with van der Waals surface area (Å²) in [5.74, 6) is 0. The van der Waals surface area contributed by atoms with Crippen LogP contribution < -0.4 is 0 Å². The first-order valence-electron chi connectivity index (χ1n) is 3.56. The van der Waals surface area contributed by atoms with Crippen LogP contribution in [0.1, 0.15) is 13.3 Å². The second-order valence-electron chi connectivity index (χ2n) is 2.23. The van der Waals surface area contributed by atoms with Crippen LogP contribution in [0.5, 0.6) is 0 Å². The number of nitrogens with zero attached hydrogens (tertiary/aromatic N) is 5. The molecule has 0 saturated heterocycles. The smallest absolute Gasteiger partial charge is 0.210 e. The van der Waals surface area contributed by atoms with E-state index in [1.54, 1.807) is 11.7 Å². The van der Waals surface area contributed by atoms with E-state index < -0.39 is 0 Å². The first-order valence-corrected chi connectivity index (χ1v) is 4.44. The molecule has 0 aromatic carbocycles. The summed E-state index contributed by atoms with van der Waals surface area (Å²) in [5, 5.41) is 20.2. The molecule has 0 N–H and O–H groups in total. The van der Waals surface area contributed by atoms with Gasteiger partial charge in [0.05, 0.1) is 11.3 Å². The van der Waals surface area contributed by atoms with Crippen molar-refractivity contribution < 1.29 is 0 Å². The van der Waals surface area contributed by atoms with Gasteiger partial charge in [-0.05, 0) is 16.8 Å². The molecule has 0 saturated carbocycles. The van der Waals surface area contributed by atoms with Gasteiger partial charge in [0.1, 0.15) is 0 Å². The number of tetrazole rings is 1. The van der Waals surface area contributed by atoms with Crippen LogP contribution in [0.4, 0.5) is 0 Å². The number of hydrogen-bond donors (Lipinski definition) is 0. The van der Waals surface area contributed by atoms with Gasteiger partial charge in [0, 0.05) is 7.05 Å². The van der Waals surface area contributed by atoms with Crippen LogP contribution in [0.15, 0.2) is 5.16 Å². The van der Waals surface area contributed by atoms with Crippen molar-refractivity contribution in [3.8, 4) is 6.07 Å². The number of aromatic nitrogens is 4. The predicted octanol–water partition coefficient (Wildman–Crippen LogP) is 0.604. The zero-order valence-corrected chi connectivity index (χ0v) is 7.75. The average molecular weight is 183 g/mol. The molecule has 5 nitrogen and oxygen atoms in total. The molecule has 1 heterocycles. The van der Waals surface area contributed by atoms with E-state index in [0.717, 1.165) is 6.42 Å². The van der Waals surface area contributed by atoms with Crippen LogP contribution in [0.3, 0.4) is 0 Å². The molecule has 0 aliphatic carbocycles. The predicted molar refractivity (Wildman–Crippen MR) is 44.3 cm³/mol. The van der Waals surface area contributed by atoms with E-state index in [1.165, 1.54) is 11.8 Å². The minimum absolute atomic E-state index is 0.0605. The Kier molecular flexibility index (Phi) is 3.05. The number of aryl methyl sites for hydroxylation is 1. The summed E-state index contributed by atoms with van der Waals surface area (Å²) in [5.41, 5.74) is 0. The van der Waals surface area contributed by atoms with Gasteiger partial charge in [-0.15, -0.1) is 5.10 Å². The standard InChI is InChI=1S/C6H9N5S/c1-3-5(4-7)12-6-8-9-10-11(6)2/h5H,3H2,1-2H3. The van der Waals surface area contributed by atoms with Gasteiger partial charge in [-0.2, -0.15) is 5.26 Å². The fraction of sp³-hybridized carbons (Fsp3) is 0.667. The van der Waals surface area contributed by atoms with E-state index >= 15 is 0 Å². The summed E-state index contributed by atoms with van der Waals surface area (Å²) in [4.78, 5) is 0. The zero-order chi connectivity index (χ0) is 8.97. The summed E-state index contributed by atoms with van der Waals surface area (Å²) < 4.78 is 1.56. The third-order valence-electron chi connectivity index (χ3n) is 1.34. The number of hydrogen-bond acceptors (Lipinski definition) is 5. The Morgan fingerprint density at radius 2 is 2.50 bits per heavy atom. The minimum Gasteiger partial charge on any atom is -0.224 e. The minimum atomic E-state index is -0.0605. The monoisotopic (exact) mass is 183 g/mol. The molecule has 0 amide bonds. The molecule has 1 aromatic heterocycles. The largest absolute Gasteiger partial charge is 0.224 e. The number of thioether (sulfide) groups is 1. The van der Waals surface area contributed by atoms with Gasteiger partial charge in [-0.3, -0.25) is 0 Å². The van der Waals surface area contributed by atoms with Crippen molar-refractivity contribution >= 4 is 11.8 Å². The molecule has 0 bridgehead atoms. The SMILES string of the molecule is CCC(C#N)Sc1nnnn1C. The van der Waals surface area contributed by atoms with Crippen LogP contribution in [-0.2, 0) is 7.05 Å². The second kappa shape index (κ2) is 4.07. The first-order chi connectivity index (χ1) is 5.77. The molecular formula is C6H9N5S. The highest BCUT2D eigenvalue weighted by Gasteiger charge is 2.10. The van der Waals surface area contributed by atoms with Crippen LogP contribution in [0.2, 0.25) is 0 Å². The van der Waals surface area contributed by atoms with E-state index in [4.69, 9.17) is 5.26 Å². The maximum absolute atomic E-state index is 8.67. The van der Waals surface area contributed by atoms with Crippen LogP contribution in [-0.4, -0.2) is 25.5 Å². The quantitative estimate of drug-likeness (QED) is 0.642. The fourth-order valence-electron chi connectivity index (χ4n) is 0.649. The van der Waals surface area contributed by atoms with Crippen LogP contribution >= 0.6 is 11.8 Å². The Hall–Kier alpha value is -1.09. The lowest BCUT2D eigenvalue weighted by atomic mass is 10.4. The molecule has 1 rings (SSSR count). The third kappa shape index (κ3) is 1.95. The molecule has 12 heavy (non-hydrogen) atoms. The normalized spacial score (nSPS) is 12.4. The van der Waals surface area contributed by atoms with Crippen molar-refractivity contribution in [1.29, 1.82) is 5.26 Å². The van der Waals surface area contributed by atoms with Gasteiger partial charge in [0.15, 0.2) is 0 Å². The molecule has 0 spiro atoms. The molecule has 0 radical (unpaired) electrons. The summed E-state index contributed by atoms with van der Waals surface area (Å²) >= 11 is 1.39. The molecule has 6 heteroatoms. The Balaban J connectivity index is 2.64. The summed E-state index contributed by atoms with van der Waals surface area (Å²) in [6.45, 7) is 1.96. The molecule has 0 fully saturated rings. The second-order valence-corrected chi connectivity index (χ2v) is 3.40. The van der Waals surface area contributed by atoms with Crippen molar-refractivity contribution in [2.24, 2.45) is 7.05 Å². The highest BCUT2D eigenvalue weighted by Crippen LogP contribution is 2.20. The Labute approximate surface area is 74.8 Å². The summed E-state index contributed by atoms with van der Waals surface area (Å²) in [6, 6.07) is 2.17. The van der Waals surface area contributed by atoms with Crippen LogP contribution in [0.25, 0.3) is 0 Å². The zero-order valence-electron chi connectivity index (χ0n) is 6.93. The molecule has 0 aliphatic heterocycles. The lowest BCUT2D eigenvalue weighted by Crippen LogP contribution is -2.00. The van der Waals surface area contributed by atoms with E-state index in [2.05, 4.69) is 21.6 Å². The van der Waals surface area contributed by atoms with Crippen molar-refractivity contribution in [3.63, 3.8) is 0 Å². The molecule has 0 aliphatic rings. The number of rotatable bonds is 3. The molecule has 1 atom stereocenters. The number of nitriles is 1. The molecule has 64 valence electrons. The topological polar surface area (TPSA) is 67.4 Å². The Morgan fingerprint density at radius 3 is 2.92 bits per heavy atom. The molecule has 1 aromatic rings. The van der Waals surface area contributed by atoms with Gasteiger partial charge in [-0.1, -0.05) is 18.7 Å². The van der Waals surface area contributed by atoms with Gasteiger partial charge < -0.3 is 0 Å². The van der Waals surface area contributed by atoms with E-state index in [9.17, 15) is 0 Å². The maximum atomic E-state index is 8.67. The van der Waals surface area contributed by atoms with E-state index in [-0.39, 0.29) is 5.25 Å².